The third-order valence-electron chi connectivity index (χ3n) is 5.10. The molecule has 30 heavy (non-hydrogen) atoms. The molecule has 1 fully saturated rings. The van der Waals surface area contributed by atoms with Crippen LogP contribution >= 0.6 is 11.3 Å². The standard InChI is InChI=1S/C21H20F3N3O2S/c1-29-16-7-8-17-18(11-16)30-20(26-17)27-9-3-4-13(12-27)19(28)25-15-6-2-5-14(10-15)21(22,23)24/h2,5-8,10-11,13H,3-4,9,12H2,1H3,(H,25,28). The summed E-state index contributed by atoms with van der Waals surface area (Å²) in [6, 6.07) is 10.4. The van der Waals surface area contributed by atoms with Crippen LogP contribution in [0.3, 0.4) is 0 Å². The van der Waals surface area contributed by atoms with Crippen LogP contribution in [-0.2, 0) is 11.0 Å². The van der Waals surface area contributed by atoms with E-state index in [0.29, 0.717) is 13.0 Å². The lowest BCUT2D eigenvalue weighted by atomic mass is 9.97. The Morgan fingerprint density at radius 3 is 2.87 bits per heavy atom. The summed E-state index contributed by atoms with van der Waals surface area (Å²) in [4.78, 5) is 19.4. The van der Waals surface area contributed by atoms with Crippen molar-refractivity contribution in [3.05, 3.63) is 48.0 Å². The summed E-state index contributed by atoms with van der Waals surface area (Å²) in [6.07, 6.45) is -2.96. The predicted octanol–water partition coefficient (Wildman–Crippen LogP) is 5.18. The fourth-order valence-electron chi connectivity index (χ4n) is 3.54. The quantitative estimate of drug-likeness (QED) is 0.614. The molecule has 0 spiro atoms. The van der Waals surface area contributed by atoms with Crippen molar-refractivity contribution in [3.8, 4) is 5.75 Å². The monoisotopic (exact) mass is 435 g/mol. The second-order valence-corrected chi connectivity index (χ2v) is 8.19. The average Bonchev–Trinajstić information content (AvgIpc) is 3.17. The Bertz CT molecular complexity index is 1070. The molecule has 158 valence electrons. The molecule has 1 N–H and O–H groups in total. The summed E-state index contributed by atoms with van der Waals surface area (Å²) in [7, 11) is 1.61. The third kappa shape index (κ3) is 4.35. The first-order valence-corrected chi connectivity index (χ1v) is 10.3. The van der Waals surface area contributed by atoms with Gasteiger partial charge in [0.2, 0.25) is 5.91 Å². The summed E-state index contributed by atoms with van der Waals surface area (Å²) in [5.41, 5.74) is 0.237. The zero-order valence-electron chi connectivity index (χ0n) is 16.2. The molecule has 1 aliphatic heterocycles. The number of thiazole rings is 1. The first-order chi connectivity index (χ1) is 14.3. The number of amides is 1. The van der Waals surface area contributed by atoms with E-state index in [4.69, 9.17) is 4.74 Å². The van der Waals surface area contributed by atoms with E-state index in [-0.39, 0.29) is 17.5 Å². The van der Waals surface area contributed by atoms with Gasteiger partial charge < -0.3 is 15.0 Å². The van der Waals surface area contributed by atoms with Gasteiger partial charge in [-0.2, -0.15) is 13.2 Å². The van der Waals surface area contributed by atoms with Crippen LogP contribution in [0.1, 0.15) is 18.4 Å². The summed E-state index contributed by atoms with van der Waals surface area (Å²) < 4.78 is 45.0. The van der Waals surface area contributed by atoms with Gasteiger partial charge in [0.15, 0.2) is 5.13 Å². The fraction of sp³-hybridized carbons (Fsp3) is 0.333. The Balaban J connectivity index is 1.47. The second kappa shape index (κ2) is 8.14. The van der Waals surface area contributed by atoms with E-state index < -0.39 is 11.7 Å². The van der Waals surface area contributed by atoms with Crippen molar-refractivity contribution in [2.75, 3.05) is 30.4 Å². The molecule has 1 saturated heterocycles. The molecule has 1 atom stereocenters. The number of carbonyl (C=O) groups excluding carboxylic acids is 1. The lowest BCUT2D eigenvalue weighted by molar-refractivity contribution is -0.137. The van der Waals surface area contributed by atoms with E-state index >= 15 is 0 Å². The number of benzene rings is 2. The van der Waals surface area contributed by atoms with E-state index in [1.165, 1.54) is 23.5 Å². The molecule has 1 unspecified atom stereocenters. The van der Waals surface area contributed by atoms with Crippen LogP contribution in [0.15, 0.2) is 42.5 Å². The maximum Gasteiger partial charge on any atom is 0.416 e. The van der Waals surface area contributed by atoms with E-state index in [0.717, 1.165) is 46.2 Å². The summed E-state index contributed by atoms with van der Waals surface area (Å²) >= 11 is 1.53. The minimum atomic E-state index is -4.45. The van der Waals surface area contributed by atoms with Crippen LogP contribution in [0.4, 0.5) is 24.0 Å². The van der Waals surface area contributed by atoms with Crippen molar-refractivity contribution in [1.82, 2.24) is 4.98 Å². The number of hydrogen-bond acceptors (Lipinski definition) is 5. The minimum absolute atomic E-state index is 0.152. The van der Waals surface area contributed by atoms with Gasteiger partial charge >= 0.3 is 6.18 Å². The molecule has 1 aromatic heterocycles. The van der Waals surface area contributed by atoms with Crippen molar-refractivity contribution in [2.24, 2.45) is 5.92 Å². The van der Waals surface area contributed by atoms with Crippen molar-refractivity contribution in [2.45, 2.75) is 19.0 Å². The summed E-state index contributed by atoms with van der Waals surface area (Å²) in [6.45, 7) is 1.26. The van der Waals surface area contributed by atoms with Crippen molar-refractivity contribution in [3.63, 3.8) is 0 Å². The molecule has 9 heteroatoms. The minimum Gasteiger partial charge on any atom is -0.497 e. The predicted molar refractivity (Wildman–Crippen MR) is 111 cm³/mol. The molecular formula is C21H20F3N3O2S. The highest BCUT2D eigenvalue weighted by Crippen LogP contribution is 2.34. The highest BCUT2D eigenvalue weighted by Gasteiger charge is 2.31. The molecular weight excluding hydrogens is 415 g/mol. The Kier molecular flexibility index (Phi) is 5.55. The number of aromatic nitrogens is 1. The third-order valence-corrected chi connectivity index (χ3v) is 6.18. The van der Waals surface area contributed by atoms with Gasteiger partial charge in [-0.15, -0.1) is 0 Å². The molecule has 4 rings (SSSR count). The number of nitrogens with one attached hydrogen (secondary N) is 1. The van der Waals surface area contributed by atoms with Crippen LogP contribution in [0.2, 0.25) is 0 Å². The van der Waals surface area contributed by atoms with Crippen LogP contribution < -0.4 is 15.0 Å². The van der Waals surface area contributed by atoms with Gasteiger partial charge in [0, 0.05) is 18.8 Å². The first-order valence-electron chi connectivity index (χ1n) is 9.51. The lowest BCUT2D eigenvalue weighted by Crippen LogP contribution is -2.40. The van der Waals surface area contributed by atoms with E-state index in [2.05, 4.69) is 15.2 Å². The van der Waals surface area contributed by atoms with E-state index in [1.54, 1.807) is 7.11 Å². The molecule has 2 heterocycles. The van der Waals surface area contributed by atoms with Gasteiger partial charge in [0.05, 0.1) is 28.8 Å². The number of nitrogens with zero attached hydrogens (tertiary/aromatic N) is 2. The maximum atomic E-state index is 12.9. The smallest absolute Gasteiger partial charge is 0.416 e. The number of alkyl halides is 3. The topological polar surface area (TPSA) is 54.5 Å². The zero-order valence-corrected chi connectivity index (χ0v) is 17.0. The molecule has 0 radical (unpaired) electrons. The van der Waals surface area contributed by atoms with Gasteiger partial charge in [0.1, 0.15) is 5.75 Å². The number of ether oxygens (including phenoxy) is 1. The number of carbonyl (C=O) groups is 1. The van der Waals surface area contributed by atoms with Gasteiger partial charge in [-0.1, -0.05) is 17.4 Å². The van der Waals surface area contributed by atoms with Crippen molar-refractivity contribution in [1.29, 1.82) is 0 Å². The van der Waals surface area contributed by atoms with Crippen molar-refractivity contribution >= 4 is 38.3 Å². The molecule has 1 amide bonds. The van der Waals surface area contributed by atoms with Gasteiger partial charge in [-0.05, 0) is 49.2 Å². The molecule has 0 aliphatic carbocycles. The number of rotatable bonds is 4. The maximum absolute atomic E-state index is 12.9. The number of methoxy groups -OCH3 is 1. The number of anilines is 2. The molecule has 3 aromatic rings. The average molecular weight is 435 g/mol. The largest absolute Gasteiger partial charge is 0.497 e. The molecule has 1 aliphatic rings. The first kappa shape index (κ1) is 20.5. The van der Waals surface area contributed by atoms with Gasteiger partial charge in [0.25, 0.3) is 0 Å². The van der Waals surface area contributed by atoms with E-state index in [1.807, 2.05) is 18.2 Å². The fourth-order valence-corrected chi connectivity index (χ4v) is 4.57. The molecule has 2 aromatic carbocycles. The zero-order chi connectivity index (χ0) is 21.3. The number of fused-ring (bicyclic) bond motifs is 1. The summed E-state index contributed by atoms with van der Waals surface area (Å²) in [5.74, 6) is 0.159. The molecule has 0 saturated carbocycles. The Morgan fingerprint density at radius 1 is 1.27 bits per heavy atom. The molecule has 0 bridgehead atoms. The number of piperidine rings is 1. The molecule has 5 nitrogen and oxygen atoms in total. The summed E-state index contributed by atoms with van der Waals surface area (Å²) in [5, 5.41) is 3.47. The van der Waals surface area contributed by atoms with Crippen LogP contribution in [0.25, 0.3) is 10.2 Å². The highest BCUT2D eigenvalue weighted by atomic mass is 32.1. The lowest BCUT2D eigenvalue weighted by Gasteiger charge is -2.31. The highest BCUT2D eigenvalue weighted by molar-refractivity contribution is 7.22. The number of halogens is 3. The normalized spacial score (nSPS) is 17.2. The SMILES string of the molecule is COc1ccc2nc(N3CCCC(C(=O)Nc4cccc(C(F)(F)F)c4)C3)sc2c1. The van der Waals surface area contributed by atoms with Gasteiger partial charge in [-0.25, -0.2) is 4.98 Å². The second-order valence-electron chi connectivity index (χ2n) is 7.18. The Morgan fingerprint density at radius 2 is 2.10 bits per heavy atom. The van der Waals surface area contributed by atoms with Crippen LogP contribution in [0, 0.1) is 5.92 Å². The van der Waals surface area contributed by atoms with Gasteiger partial charge in [-0.3, -0.25) is 4.79 Å². The van der Waals surface area contributed by atoms with Crippen LogP contribution in [0.5, 0.6) is 5.75 Å². The Labute approximate surface area is 175 Å². The van der Waals surface area contributed by atoms with Crippen molar-refractivity contribution < 1.29 is 22.7 Å². The number of hydrogen-bond donors (Lipinski definition) is 1. The Hall–Kier alpha value is -2.81. The van der Waals surface area contributed by atoms with Crippen LogP contribution in [-0.4, -0.2) is 31.1 Å². The van der Waals surface area contributed by atoms with E-state index in [9.17, 15) is 18.0 Å².